The SMILES string of the molecule is COC(=O)[C@]12CC[C@]34CCCN5C[C@H](C(=O)C3)[C@@]1(c1cccc(OC)c1N2)[C@@H]54. The third-order valence-corrected chi connectivity index (χ3v) is 8.65. The van der Waals surface area contributed by atoms with Crippen molar-refractivity contribution in [3.05, 3.63) is 23.8 Å². The van der Waals surface area contributed by atoms with Gasteiger partial charge in [0, 0.05) is 24.9 Å². The van der Waals surface area contributed by atoms with Crippen molar-refractivity contribution < 1.29 is 19.1 Å². The van der Waals surface area contributed by atoms with E-state index in [0.717, 1.165) is 49.4 Å². The zero-order valence-corrected chi connectivity index (χ0v) is 16.4. The first-order chi connectivity index (χ1) is 13.5. The number of nitrogens with zero attached hydrogens (tertiary/aromatic N) is 1. The van der Waals surface area contributed by atoms with Crippen LogP contribution in [0, 0.1) is 11.3 Å². The molecule has 0 unspecified atom stereocenters. The number of esters is 1. The summed E-state index contributed by atoms with van der Waals surface area (Å²) in [6.45, 7) is 1.76. The molecule has 1 N–H and O–H groups in total. The predicted molar refractivity (Wildman–Crippen MR) is 102 cm³/mol. The second-order valence-electron chi connectivity index (χ2n) is 9.33. The second-order valence-corrected chi connectivity index (χ2v) is 9.33. The summed E-state index contributed by atoms with van der Waals surface area (Å²) in [7, 11) is 3.12. The Hall–Kier alpha value is -2.08. The molecule has 2 saturated heterocycles. The molecule has 0 aromatic heterocycles. The average molecular weight is 382 g/mol. The number of anilines is 1. The fourth-order valence-electron chi connectivity index (χ4n) is 7.97. The topological polar surface area (TPSA) is 67.9 Å². The Bertz CT molecular complexity index is 916. The summed E-state index contributed by atoms with van der Waals surface area (Å²) in [5.74, 6) is 0.637. The van der Waals surface area contributed by atoms with Gasteiger partial charge >= 0.3 is 5.97 Å². The predicted octanol–water partition coefficient (Wildman–Crippen LogP) is 2.12. The van der Waals surface area contributed by atoms with Gasteiger partial charge in [0.15, 0.2) is 0 Å². The first-order valence-electron chi connectivity index (χ1n) is 10.3. The molecule has 0 radical (unpaired) electrons. The van der Waals surface area contributed by atoms with E-state index in [2.05, 4.69) is 16.3 Å². The molecule has 5 aliphatic rings. The Balaban J connectivity index is 1.71. The molecule has 1 aromatic carbocycles. The highest BCUT2D eigenvalue weighted by atomic mass is 16.5. The molecule has 5 atom stereocenters. The number of ketones is 1. The number of hydrogen-bond acceptors (Lipinski definition) is 6. The Morgan fingerprint density at radius 3 is 2.89 bits per heavy atom. The maximum absolute atomic E-state index is 13.5. The van der Waals surface area contributed by atoms with Crippen molar-refractivity contribution >= 4 is 17.4 Å². The van der Waals surface area contributed by atoms with E-state index in [1.165, 1.54) is 7.11 Å². The van der Waals surface area contributed by atoms with Gasteiger partial charge in [0.05, 0.1) is 25.3 Å². The van der Waals surface area contributed by atoms with E-state index in [9.17, 15) is 9.59 Å². The van der Waals surface area contributed by atoms with Gasteiger partial charge in [-0.3, -0.25) is 9.69 Å². The molecule has 6 heteroatoms. The molecule has 3 aliphatic heterocycles. The van der Waals surface area contributed by atoms with E-state index in [1.807, 2.05) is 12.1 Å². The lowest BCUT2D eigenvalue weighted by atomic mass is 9.41. The maximum Gasteiger partial charge on any atom is 0.332 e. The molecule has 28 heavy (non-hydrogen) atoms. The summed E-state index contributed by atoms with van der Waals surface area (Å²) >= 11 is 0. The number of hydrogen-bond donors (Lipinski definition) is 1. The zero-order chi connectivity index (χ0) is 19.3. The van der Waals surface area contributed by atoms with Crippen LogP contribution in [-0.2, 0) is 19.7 Å². The largest absolute Gasteiger partial charge is 0.495 e. The number of carbonyl (C=O) groups excluding carboxylic acids is 2. The molecule has 0 amide bonds. The summed E-state index contributed by atoms with van der Waals surface area (Å²) < 4.78 is 11.0. The first-order valence-corrected chi connectivity index (χ1v) is 10.3. The number of nitrogens with one attached hydrogen (secondary N) is 1. The van der Waals surface area contributed by atoms with Gasteiger partial charge in [-0.1, -0.05) is 12.1 Å². The summed E-state index contributed by atoms with van der Waals surface area (Å²) in [5, 5.41) is 3.60. The van der Waals surface area contributed by atoms with E-state index in [4.69, 9.17) is 9.47 Å². The van der Waals surface area contributed by atoms with Gasteiger partial charge in [-0.2, -0.15) is 0 Å². The van der Waals surface area contributed by atoms with Crippen LogP contribution in [0.1, 0.15) is 37.7 Å². The zero-order valence-electron chi connectivity index (χ0n) is 16.4. The van der Waals surface area contributed by atoms with Crippen molar-refractivity contribution in [2.75, 3.05) is 32.6 Å². The van der Waals surface area contributed by atoms with Crippen molar-refractivity contribution in [3.63, 3.8) is 0 Å². The first kappa shape index (κ1) is 16.8. The summed E-state index contributed by atoms with van der Waals surface area (Å²) in [6.07, 6.45) is 4.46. The summed E-state index contributed by atoms with van der Waals surface area (Å²) in [5.41, 5.74) is 0.455. The monoisotopic (exact) mass is 382 g/mol. The molecule has 1 aromatic rings. The van der Waals surface area contributed by atoms with Crippen molar-refractivity contribution in [2.45, 2.75) is 49.1 Å². The highest BCUT2D eigenvalue weighted by molar-refractivity contribution is 5.99. The van der Waals surface area contributed by atoms with Gasteiger partial charge in [-0.05, 0) is 49.3 Å². The maximum atomic E-state index is 13.5. The lowest BCUT2D eigenvalue weighted by Crippen LogP contribution is -2.75. The van der Waals surface area contributed by atoms with Gasteiger partial charge in [-0.25, -0.2) is 4.79 Å². The minimum absolute atomic E-state index is 0.0216. The lowest BCUT2D eigenvalue weighted by Gasteiger charge is -2.63. The highest BCUT2D eigenvalue weighted by Gasteiger charge is 2.81. The van der Waals surface area contributed by atoms with E-state index in [-0.39, 0.29) is 23.3 Å². The fourth-order valence-corrected chi connectivity index (χ4v) is 7.97. The molecule has 4 fully saturated rings. The van der Waals surface area contributed by atoms with E-state index in [0.29, 0.717) is 18.6 Å². The molecule has 1 spiro atoms. The highest BCUT2D eigenvalue weighted by Crippen LogP contribution is 2.73. The number of carbonyl (C=O) groups is 2. The van der Waals surface area contributed by atoms with Gasteiger partial charge < -0.3 is 14.8 Å². The van der Waals surface area contributed by atoms with E-state index >= 15 is 0 Å². The van der Waals surface area contributed by atoms with Crippen LogP contribution in [0.25, 0.3) is 0 Å². The van der Waals surface area contributed by atoms with Crippen molar-refractivity contribution in [1.82, 2.24) is 4.90 Å². The second kappa shape index (κ2) is 5.09. The smallest absolute Gasteiger partial charge is 0.332 e. The van der Waals surface area contributed by atoms with Gasteiger partial charge in [0.25, 0.3) is 0 Å². The van der Waals surface area contributed by atoms with Crippen LogP contribution in [0.15, 0.2) is 18.2 Å². The minimum atomic E-state index is -0.903. The number of benzene rings is 1. The van der Waals surface area contributed by atoms with Crippen LogP contribution in [0.3, 0.4) is 0 Å². The summed E-state index contributed by atoms with van der Waals surface area (Å²) in [6, 6.07) is 6.22. The van der Waals surface area contributed by atoms with Crippen molar-refractivity contribution in [1.29, 1.82) is 0 Å². The number of rotatable bonds is 2. The standard InChI is InChI=1S/C22H26N2O4/c1-27-16-6-3-5-13-17(16)23-21(19(26)28-2)9-8-20-7-4-10-24-12-14(15(25)11-20)22(13,21)18(20)24/h3,5-6,14,18,23H,4,7-12H2,1-2H3/t14-,18+,20-,21-,22+/m1/s1. The van der Waals surface area contributed by atoms with Crippen LogP contribution in [-0.4, -0.2) is 55.5 Å². The molecule has 148 valence electrons. The fraction of sp³-hybridized carbons (Fsp3) is 0.636. The Labute approximate surface area is 164 Å². The lowest BCUT2D eigenvalue weighted by molar-refractivity contribution is -0.163. The molecule has 4 bridgehead atoms. The third-order valence-electron chi connectivity index (χ3n) is 8.65. The Kier molecular flexibility index (Phi) is 3.06. The van der Waals surface area contributed by atoms with Crippen LogP contribution in [0.5, 0.6) is 5.75 Å². The molecule has 2 saturated carbocycles. The van der Waals surface area contributed by atoms with Crippen LogP contribution in [0.4, 0.5) is 5.69 Å². The number of Topliss-reactive ketones (excluding diaryl/α,β-unsaturated/α-hetero) is 1. The third kappa shape index (κ3) is 1.52. The number of ether oxygens (including phenoxy) is 2. The molecule has 2 aliphatic carbocycles. The minimum Gasteiger partial charge on any atom is -0.495 e. The number of methoxy groups -OCH3 is 2. The molecule has 6 nitrogen and oxygen atoms in total. The van der Waals surface area contributed by atoms with Crippen LogP contribution in [0.2, 0.25) is 0 Å². The van der Waals surface area contributed by atoms with Crippen LogP contribution >= 0.6 is 0 Å². The average Bonchev–Trinajstić information content (AvgIpc) is 3.20. The number of para-hydroxylation sites is 1. The Morgan fingerprint density at radius 2 is 2.11 bits per heavy atom. The molecule has 3 heterocycles. The van der Waals surface area contributed by atoms with Gasteiger partial charge in [0.1, 0.15) is 17.1 Å². The normalized spacial score (nSPS) is 42.4. The van der Waals surface area contributed by atoms with Crippen molar-refractivity contribution in [2.24, 2.45) is 11.3 Å². The quantitative estimate of drug-likeness (QED) is 0.791. The molecule has 6 rings (SSSR count). The van der Waals surface area contributed by atoms with Gasteiger partial charge in [-0.15, -0.1) is 0 Å². The number of fused-ring (bicyclic) bond motifs is 1. The number of piperidine rings is 1. The summed E-state index contributed by atoms with van der Waals surface area (Å²) in [4.78, 5) is 29.5. The Morgan fingerprint density at radius 1 is 1.25 bits per heavy atom. The van der Waals surface area contributed by atoms with Crippen molar-refractivity contribution in [3.8, 4) is 5.75 Å². The molecular weight excluding hydrogens is 356 g/mol. The van der Waals surface area contributed by atoms with E-state index < -0.39 is 11.0 Å². The molecular formula is C22H26N2O4. The van der Waals surface area contributed by atoms with E-state index in [1.54, 1.807) is 7.11 Å². The van der Waals surface area contributed by atoms with Gasteiger partial charge in [0.2, 0.25) is 0 Å². The van der Waals surface area contributed by atoms with Crippen LogP contribution < -0.4 is 10.1 Å².